The smallest absolute Gasteiger partial charge is 0.333 e. The van der Waals surface area contributed by atoms with Crippen molar-refractivity contribution in [2.24, 2.45) is 0 Å². The molecule has 0 amide bonds. The number of ether oxygens (including phenoxy) is 1. The number of halogens is 1. The summed E-state index contributed by atoms with van der Waals surface area (Å²) in [6.07, 6.45) is 1.81. The van der Waals surface area contributed by atoms with Crippen LogP contribution in [0.2, 0.25) is 0 Å². The fourth-order valence-corrected chi connectivity index (χ4v) is 0.857. The number of allylic oxidation sites excluding steroid dienone is 2. The lowest BCUT2D eigenvalue weighted by molar-refractivity contribution is -0.138. The van der Waals surface area contributed by atoms with Gasteiger partial charge in [0.15, 0.2) is 0 Å². The van der Waals surface area contributed by atoms with Gasteiger partial charge in [0, 0.05) is 5.57 Å². The lowest BCUT2D eigenvalue weighted by Gasteiger charge is -2.00. The summed E-state index contributed by atoms with van der Waals surface area (Å²) in [4.78, 5) is 11.1. The van der Waals surface area contributed by atoms with Crippen LogP contribution in [-0.4, -0.2) is 12.6 Å². The number of esters is 1. The van der Waals surface area contributed by atoms with Crippen LogP contribution < -0.4 is 0 Å². The van der Waals surface area contributed by atoms with Gasteiger partial charge in [0.2, 0.25) is 0 Å². The van der Waals surface area contributed by atoms with Gasteiger partial charge in [-0.15, -0.1) is 0 Å². The van der Waals surface area contributed by atoms with Crippen molar-refractivity contribution in [1.29, 1.82) is 0 Å². The van der Waals surface area contributed by atoms with Crippen molar-refractivity contribution < 1.29 is 9.53 Å². The van der Waals surface area contributed by atoms with Crippen molar-refractivity contribution in [3.8, 4) is 0 Å². The Morgan fingerprint density at radius 3 is 2.50 bits per heavy atom. The summed E-state index contributed by atoms with van der Waals surface area (Å²) < 4.78 is 6.73. The Balaban J connectivity index is 4.27. The van der Waals surface area contributed by atoms with E-state index in [-0.39, 0.29) is 5.97 Å². The van der Waals surface area contributed by atoms with E-state index in [0.29, 0.717) is 12.2 Å². The van der Waals surface area contributed by atoms with Gasteiger partial charge >= 0.3 is 5.97 Å². The quantitative estimate of drug-likeness (QED) is 0.344. The molecule has 0 radical (unpaired) electrons. The van der Waals surface area contributed by atoms with Crippen LogP contribution in [0.3, 0.4) is 0 Å². The highest BCUT2D eigenvalue weighted by atomic mass is 127. The van der Waals surface area contributed by atoms with Crippen molar-refractivity contribution in [3.05, 3.63) is 21.3 Å². The van der Waals surface area contributed by atoms with Crippen LogP contribution in [0.4, 0.5) is 0 Å². The summed E-state index contributed by atoms with van der Waals surface area (Å²) in [6.45, 7) is 5.92. The van der Waals surface area contributed by atoms with Crippen molar-refractivity contribution in [2.45, 2.75) is 20.8 Å². The molecule has 0 aromatic carbocycles. The SMILES string of the molecule is CCOC(=O)/C(C)=C/C(C)=C\I. The summed E-state index contributed by atoms with van der Waals surface area (Å²) in [6, 6.07) is 0. The van der Waals surface area contributed by atoms with Crippen LogP contribution in [0, 0.1) is 0 Å². The van der Waals surface area contributed by atoms with E-state index in [1.54, 1.807) is 13.8 Å². The Morgan fingerprint density at radius 2 is 2.08 bits per heavy atom. The lowest BCUT2D eigenvalue weighted by atomic mass is 10.2. The number of carbonyl (C=O) groups is 1. The Morgan fingerprint density at radius 1 is 1.50 bits per heavy atom. The molecule has 0 fully saturated rings. The zero-order valence-corrected chi connectivity index (χ0v) is 9.71. The van der Waals surface area contributed by atoms with E-state index >= 15 is 0 Å². The molecule has 2 nitrogen and oxygen atoms in total. The first kappa shape index (κ1) is 11.7. The highest BCUT2D eigenvalue weighted by Crippen LogP contribution is 2.05. The molecule has 0 aliphatic carbocycles. The number of hydrogen-bond acceptors (Lipinski definition) is 2. The fourth-order valence-electron chi connectivity index (χ4n) is 0.677. The second kappa shape index (κ2) is 6.22. The lowest BCUT2D eigenvalue weighted by Crippen LogP contribution is -2.04. The number of rotatable bonds is 3. The van der Waals surface area contributed by atoms with Crippen LogP contribution in [0.25, 0.3) is 0 Å². The second-order valence-corrected chi connectivity index (χ2v) is 3.02. The van der Waals surface area contributed by atoms with Gasteiger partial charge in [0.25, 0.3) is 0 Å². The maximum absolute atomic E-state index is 11.1. The van der Waals surface area contributed by atoms with Crippen LogP contribution in [0.1, 0.15) is 20.8 Å². The van der Waals surface area contributed by atoms with E-state index in [1.165, 1.54) is 0 Å². The Labute approximate surface area is 86.8 Å². The molecule has 3 heteroatoms. The molecule has 0 N–H and O–H groups in total. The minimum atomic E-state index is -0.241. The predicted octanol–water partition coefficient (Wildman–Crippen LogP) is 2.83. The molecule has 0 aromatic rings. The van der Waals surface area contributed by atoms with Gasteiger partial charge in [-0.05, 0) is 36.5 Å². The predicted molar refractivity (Wildman–Crippen MR) is 58.2 cm³/mol. The largest absolute Gasteiger partial charge is 0.463 e. The van der Waals surface area contributed by atoms with E-state index in [9.17, 15) is 4.79 Å². The fraction of sp³-hybridized carbons (Fsp3) is 0.444. The molecule has 0 rings (SSSR count). The first-order valence-electron chi connectivity index (χ1n) is 3.74. The van der Waals surface area contributed by atoms with Gasteiger partial charge in [-0.25, -0.2) is 4.79 Å². The minimum absolute atomic E-state index is 0.241. The van der Waals surface area contributed by atoms with Crippen molar-refractivity contribution in [3.63, 3.8) is 0 Å². The number of hydrogen-bond donors (Lipinski definition) is 0. The topological polar surface area (TPSA) is 26.3 Å². The molecule has 0 bridgehead atoms. The van der Waals surface area contributed by atoms with Crippen LogP contribution >= 0.6 is 22.6 Å². The van der Waals surface area contributed by atoms with E-state index in [2.05, 4.69) is 22.6 Å². The number of carbonyl (C=O) groups excluding carboxylic acids is 1. The molecule has 0 aliphatic rings. The molecule has 0 heterocycles. The Hall–Kier alpha value is -0.320. The highest BCUT2D eigenvalue weighted by molar-refractivity contribution is 14.1. The van der Waals surface area contributed by atoms with E-state index in [4.69, 9.17) is 4.74 Å². The molecule has 68 valence electrons. The summed E-state index contributed by atoms with van der Waals surface area (Å²) >= 11 is 2.13. The summed E-state index contributed by atoms with van der Waals surface area (Å²) in [5.74, 6) is -0.241. The van der Waals surface area contributed by atoms with E-state index in [1.807, 2.05) is 17.1 Å². The normalized spacial score (nSPS) is 13.0. The van der Waals surface area contributed by atoms with Gasteiger partial charge in [-0.3, -0.25) is 0 Å². The van der Waals surface area contributed by atoms with Crippen molar-refractivity contribution >= 4 is 28.6 Å². The van der Waals surface area contributed by atoms with Gasteiger partial charge in [-0.1, -0.05) is 22.6 Å². The average Bonchev–Trinajstić information content (AvgIpc) is 2.04. The van der Waals surface area contributed by atoms with Gasteiger partial charge < -0.3 is 4.74 Å². The van der Waals surface area contributed by atoms with Crippen LogP contribution in [0.15, 0.2) is 21.3 Å². The van der Waals surface area contributed by atoms with Crippen molar-refractivity contribution in [1.82, 2.24) is 0 Å². The monoisotopic (exact) mass is 280 g/mol. The first-order valence-corrected chi connectivity index (χ1v) is 4.98. The molecular weight excluding hydrogens is 267 g/mol. The molecule has 0 unspecified atom stereocenters. The highest BCUT2D eigenvalue weighted by Gasteiger charge is 2.02. The summed E-state index contributed by atoms with van der Waals surface area (Å²) in [5, 5.41) is 0. The van der Waals surface area contributed by atoms with Crippen molar-refractivity contribution in [2.75, 3.05) is 6.61 Å². The van der Waals surface area contributed by atoms with Gasteiger partial charge in [0.05, 0.1) is 6.61 Å². The van der Waals surface area contributed by atoms with Crippen LogP contribution in [-0.2, 0) is 9.53 Å². The molecule has 0 saturated carbocycles. The first-order chi connectivity index (χ1) is 5.61. The van der Waals surface area contributed by atoms with Crippen LogP contribution in [0.5, 0.6) is 0 Å². The third-order valence-electron chi connectivity index (χ3n) is 1.21. The third-order valence-corrected chi connectivity index (χ3v) is 2.20. The molecule has 0 saturated heterocycles. The molecule has 12 heavy (non-hydrogen) atoms. The summed E-state index contributed by atoms with van der Waals surface area (Å²) in [5.41, 5.74) is 1.70. The maximum Gasteiger partial charge on any atom is 0.333 e. The second-order valence-electron chi connectivity index (χ2n) is 2.40. The molecule has 0 spiro atoms. The molecule has 0 aromatic heterocycles. The van der Waals surface area contributed by atoms with E-state index < -0.39 is 0 Å². The summed E-state index contributed by atoms with van der Waals surface area (Å²) in [7, 11) is 0. The molecular formula is C9H13IO2. The standard InChI is InChI=1S/C9H13IO2/c1-4-12-9(11)8(3)5-7(2)6-10/h5-6H,4H2,1-3H3/b7-6-,8-5+. The van der Waals surface area contributed by atoms with Gasteiger partial charge in [0.1, 0.15) is 0 Å². The Bertz CT molecular complexity index is 217. The van der Waals surface area contributed by atoms with Gasteiger partial charge in [-0.2, -0.15) is 0 Å². The zero-order chi connectivity index (χ0) is 9.56. The average molecular weight is 280 g/mol. The Kier molecular flexibility index (Phi) is 6.06. The third kappa shape index (κ3) is 4.54. The molecule has 0 aliphatic heterocycles. The minimum Gasteiger partial charge on any atom is -0.463 e. The van der Waals surface area contributed by atoms with E-state index in [0.717, 1.165) is 5.57 Å². The zero-order valence-electron chi connectivity index (χ0n) is 7.56. The maximum atomic E-state index is 11.1. The molecule has 0 atom stereocenters.